The summed E-state index contributed by atoms with van der Waals surface area (Å²) in [4.78, 5) is 24.2. The van der Waals surface area contributed by atoms with Gasteiger partial charge in [0.2, 0.25) is 0 Å². The molecular formula is C15H19N5O3. The molecule has 0 aliphatic rings. The van der Waals surface area contributed by atoms with Crippen LogP contribution in [0.15, 0.2) is 30.3 Å². The average Bonchev–Trinajstić information content (AvgIpc) is 2.83. The maximum Gasteiger partial charge on any atom is 0.323 e. The van der Waals surface area contributed by atoms with Crippen LogP contribution in [0.1, 0.15) is 24.2 Å². The number of nitro groups is 1. The van der Waals surface area contributed by atoms with E-state index in [-0.39, 0.29) is 17.8 Å². The van der Waals surface area contributed by atoms with Crippen molar-refractivity contribution in [1.82, 2.24) is 14.7 Å². The molecule has 23 heavy (non-hydrogen) atoms. The Morgan fingerprint density at radius 1 is 1.43 bits per heavy atom. The van der Waals surface area contributed by atoms with E-state index in [0.29, 0.717) is 11.4 Å². The first-order valence-corrected chi connectivity index (χ1v) is 7.08. The second-order valence-electron chi connectivity index (χ2n) is 5.36. The number of rotatable bonds is 4. The molecule has 8 heteroatoms. The highest BCUT2D eigenvalue weighted by molar-refractivity contribution is 5.88. The van der Waals surface area contributed by atoms with Gasteiger partial charge in [-0.15, -0.1) is 0 Å². The van der Waals surface area contributed by atoms with E-state index in [0.717, 1.165) is 5.69 Å². The molecule has 0 spiro atoms. The molecule has 2 amide bonds. The fourth-order valence-electron chi connectivity index (χ4n) is 2.22. The second-order valence-corrected chi connectivity index (χ2v) is 5.36. The van der Waals surface area contributed by atoms with Crippen LogP contribution in [0.5, 0.6) is 0 Å². The third-order valence-electron chi connectivity index (χ3n) is 3.70. The van der Waals surface area contributed by atoms with Crippen molar-refractivity contribution in [2.75, 3.05) is 12.4 Å². The molecule has 1 N–H and O–H groups in total. The predicted molar refractivity (Wildman–Crippen MR) is 86.2 cm³/mol. The van der Waals surface area contributed by atoms with Crippen molar-refractivity contribution in [1.29, 1.82) is 0 Å². The second kappa shape index (κ2) is 6.47. The van der Waals surface area contributed by atoms with Gasteiger partial charge >= 0.3 is 6.03 Å². The van der Waals surface area contributed by atoms with E-state index in [1.165, 1.54) is 17.0 Å². The normalized spacial score (nSPS) is 11.8. The summed E-state index contributed by atoms with van der Waals surface area (Å²) in [6.45, 7) is 3.65. The third-order valence-corrected chi connectivity index (χ3v) is 3.70. The first-order chi connectivity index (χ1) is 10.8. The largest absolute Gasteiger partial charge is 0.323 e. The van der Waals surface area contributed by atoms with Gasteiger partial charge in [0, 0.05) is 32.3 Å². The first kappa shape index (κ1) is 16.5. The highest BCUT2D eigenvalue weighted by Crippen LogP contribution is 2.23. The van der Waals surface area contributed by atoms with Crippen molar-refractivity contribution in [3.05, 3.63) is 51.7 Å². The van der Waals surface area contributed by atoms with E-state index >= 15 is 0 Å². The maximum absolute atomic E-state index is 12.3. The summed E-state index contributed by atoms with van der Waals surface area (Å²) in [7, 11) is 3.38. The van der Waals surface area contributed by atoms with Gasteiger partial charge in [-0.1, -0.05) is 12.1 Å². The zero-order valence-corrected chi connectivity index (χ0v) is 13.5. The minimum absolute atomic E-state index is 0.00502. The molecule has 0 unspecified atom stereocenters. The zero-order chi connectivity index (χ0) is 17.1. The summed E-state index contributed by atoms with van der Waals surface area (Å²) in [5.41, 5.74) is 1.50. The highest BCUT2D eigenvalue weighted by atomic mass is 16.6. The zero-order valence-electron chi connectivity index (χ0n) is 13.5. The average molecular weight is 317 g/mol. The van der Waals surface area contributed by atoms with Gasteiger partial charge < -0.3 is 4.90 Å². The van der Waals surface area contributed by atoms with E-state index in [4.69, 9.17) is 0 Å². The van der Waals surface area contributed by atoms with Crippen LogP contribution in [0.2, 0.25) is 0 Å². The van der Waals surface area contributed by atoms with Crippen LogP contribution < -0.4 is 5.32 Å². The number of carbonyl (C=O) groups is 1. The van der Waals surface area contributed by atoms with Crippen LogP contribution in [0, 0.1) is 17.0 Å². The SMILES string of the molecule is Cc1cc(NC(=O)N(C)[C@H](C)c2cccc([N+](=O)[O-])c2)n(C)n1. The Labute approximate surface area is 133 Å². The van der Waals surface area contributed by atoms with Gasteiger partial charge in [0.25, 0.3) is 5.69 Å². The highest BCUT2D eigenvalue weighted by Gasteiger charge is 2.20. The Kier molecular flexibility index (Phi) is 4.63. The molecular weight excluding hydrogens is 298 g/mol. The summed E-state index contributed by atoms with van der Waals surface area (Å²) in [5, 5.41) is 17.8. The van der Waals surface area contributed by atoms with Gasteiger partial charge in [0.15, 0.2) is 0 Å². The number of aromatic nitrogens is 2. The van der Waals surface area contributed by atoms with Gasteiger partial charge in [-0.3, -0.25) is 20.1 Å². The molecule has 8 nitrogen and oxygen atoms in total. The molecule has 0 aliphatic heterocycles. The molecule has 1 atom stereocenters. The lowest BCUT2D eigenvalue weighted by molar-refractivity contribution is -0.384. The van der Waals surface area contributed by atoms with Crippen molar-refractivity contribution in [2.24, 2.45) is 7.05 Å². The first-order valence-electron chi connectivity index (χ1n) is 7.08. The number of aryl methyl sites for hydroxylation is 2. The molecule has 2 rings (SSSR count). The lowest BCUT2D eigenvalue weighted by Gasteiger charge is -2.25. The summed E-state index contributed by atoms with van der Waals surface area (Å²) in [5.74, 6) is 0.589. The molecule has 0 saturated heterocycles. The Bertz CT molecular complexity index is 740. The van der Waals surface area contributed by atoms with Gasteiger partial charge in [-0.05, 0) is 19.4 Å². The minimum atomic E-state index is -0.450. The molecule has 122 valence electrons. The number of carbonyl (C=O) groups excluding carboxylic acids is 1. The summed E-state index contributed by atoms with van der Waals surface area (Å²) in [6.07, 6.45) is 0. The molecule has 0 aliphatic carbocycles. The number of non-ortho nitro benzene ring substituents is 1. The number of hydrogen-bond donors (Lipinski definition) is 1. The minimum Gasteiger partial charge on any atom is -0.321 e. The van der Waals surface area contributed by atoms with Crippen LogP contribution >= 0.6 is 0 Å². The molecule has 1 aromatic carbocycles. The van der Waals surface area contributed by atoms with Gasteiger partial charge in [-0.2, -0.15) is 5.10 Å². The number of hydrogen-bond acceptors (Lipinski definition) is 4. The van der Waals surface area contributed by atoms with Crippen LogP contribution in [-0.2, 0) is 7.05 Å². The fraction of sp³-hybridized carbons (Fsp3) is 0.333. The number of amides is 2. The molecule has 0 fully saturated rings. The Balaban J connectivity index is 2.14. The number of nitro benzene ring substituents is 1. The van der Waals surface area contributed by atoms with Crippen molar-refractivity contribution in [2.45, 2.75) is 19.9 Å². The standard InChI is InChI=1S/C15H19N5O3/c1-10-8-14(19(4)17-10)16-15(21)18(3)11(2)12-6-5-7-13(9-12)20(22)23/h5-9,11H,1-4H3,(H,16,21)/t11-/m1/s1. The third kappa shape index (κ3) is 3.65. The summed E-state index contributed by atoms with van der Waals surface area (Å²) >= 11 is 0. The number of anilines is 1. The van der Waals surface area contributed by atoms with E-state index in [9.17, 15) is 14.9 Å². The maximum atomic E-state index is 12.3. The Morgan fingerprint density at radius 3 is 2.70 bits per heavy atom. The smallest absolute Gasteiger partial charge is 0.321 e. The number of nitrogens with one attached hydrogen (secondary N) is 1. The van der Waals surface area contributed by atoms with Crippen LogP contribution in [0.4, 0.5) is 16.3 Å². The van der Waals surface area contributed by atoms with Crippen LogP contribution in [0.3, 0.4) is 0 Å². The van der Waals surface area contributed by atoms with Crippen molar-refractivity contribution in [3.8, 4) is 0 Å². The number of benzene rings is 1. The molecule has 0 saturated carbocycles. The molecule has 2 aromatic rings. The van der Waals surface area contributed by atoms with Gasteiger partial charge in [0.1, 0.15) is 5.82 Å². The lowest BCUT2D eigenvalue weighted by atomic mass is 10.1. The van der Waals surface area contributed by atoms with E-state index in [1.807, 2.05) is 13.8 Å². The van der Waals surface area contributed by atoms with Crippen molar-refractivity contribution >= 4 is 17.5 Å². The fourth-order valence-corrected chi connectivity index (χ4v) is 2.22. The predicted octanol–water partition coefficient (Wildman–Crippen LogP) is 2.86. The van der Waals surface area contributed by atoms with Crippen molar-refractivity contribution in [3.63, 3.8) is 0 Å². The van der Waals surface area contributed by atoms with E-state index in [2.05, 4.69) is 10.4 Å². The topological polar surface area (TPSA) is 93.3 Å². The van der Waals surface area contributed by atoms with Crippen molar-refractivity contribution < 1.29 is 9.72 Å². The van der Waals surface area contributed by atoms with E-state index in [1.54, 1.807) is 37.0 Å². The quantitative estimate of drug-likeness (QED) is 0.693. The molecule has 0 radical (unpaired) electrons. The monoisotopic (exact) mass is 317 g/mol. The summed E-state index contributed by atoms with van der Waals surface area (Å²) in [6, 6.07) is 7.41. The molecule has 1 aromatic heterocycles. The Hall–Kier alpha value is -2.90. The molecule has 0 bridgehead atoms. The van der Waals surface area contributed by atoms with Crippen LogP contribution in [0.25, 0.3) is 0 Å². The van der Waals surface area contributed by atoms with Gasteiger partial charge in [0.05, 0.1) is 16.7 Å². The molecule has 1 heterocycles. The van der Waals surface area contributed by atoms with Crippen LogP contribution in [-0.4, -0.2) is 32.7 Å². The lowest BCUT2D eigenvalue weighted by Crippen LogP contribution is -2.34. The number of nitrogens with zero attached hydrogens (tertiary/aromatic N) is 4. The van der Waals surface area contributed by atoms with E-state index < -0.39 is 4.92 Å². The number of urea groups is 1. The Morgan fingerprint density at radius 2 is 2.13 bits per heavy atom. The van der Waals surface area contributed by atoms with Gasteiger partial charge in [-0.25, -0.2) is 4.79 Å². The summed E-state index contributed by atoms with van der Waals surface area (Å²) < 4.78 is 1.58.